The van der Waals surface area contributed by atoms with Crippen LogP contribution in [0.15, 0.2) is 30.3 Å². The number of hydrogen-bond acceptors (Lipinski definition) is 1. The smallest absolute Gasteiger partial charge is 0.0345 e. The highest BCUT2D eigenvalue weighted by Crippen LogP contribution is 2.26. The van der Waals surface area contributed by atoms with Crippen LogP contribution in [0.5, 0.6) is 0 Å². The van der Waals surface area contributed by atoms with Gasteiger partial charge in [-0.25, -0.2) is 0 Å². The van der Waals surface area contributed by atoms with E-state index in [0.717, 1.165) is 19.3 Å². The van der Waals surface area contributed by atoms with Crippen LogP contribution < -0.4 is 0 Å². The lowest BCUT2D eigenvalue weighted by Crippen LogP contribution is -1.77. The molecule has 2 aromatic rings. The van der Waals surface area contributed by atoms with Crippen molar-refractivity contribution in [3.05, 3.63) is 35.2 Å². The molecule has 0 unspecified atom stereocenters. The first-order chi connectivity index (χ1) is 6.90. The molecule has 0 saturated carbocycles. The number of benzene rings is 1. The Labute approximate surface area is 88.6 Å². The fourth-order valence-electron chi connectivity index (χ4n) is 1.52. The summed E-state index contributed by atoms with van der Waals surface area (Å²) in [4.78, 5) is 1.45. The summed E-state index contributed by atoms with van der Waals surface area (Å²) in [6.07, 6.45) is 8.32. The van der Waals surface area contributed by atoms with Gasteiger partial charge in [0.05, 0.1) is 0 Å². The van der Waals surface area contributed by atoms with Gasteiger partial charge in [0.25, 0.3) is 0 Å². The van der Waals surface area contributed by atoms with Gasteiger partial charge in [-0.2, -0.15) is 0 Å². The van der Waals surface area contributed by atoms with Crippen molar-refractivity contribution in [2.45, 2.75) is 19.3 Å². The highest BCUT2D eigenvalue weighted by molar-refractivity contribution is 7.19. The molecule has 14 heavy (non-hydrogen) atoms. The van der Waals surface area contributed by atoms with E-state index in [4.69, 9.17) is 6.42 Å². The average molecular weight is 200 g/mol. The van der Waals surface area contributed by atoms with E-state index in [9.17, 15) is 0 Å². The van der Waals surface area contributed by atoms with E-state index in [-0.39, 0.29) is 0 Å². The van der Waals surface area contributed by atoms with Gasteiger partial charge in [-0.1, -0.05) is 18.2 Å². The van der Waals surface area contributed by atoms with Crippen LogP contribution >= 0.6 is 11.3 Å². The van der Waals surface area contributed by atoms with Crippen LogP contribution in [0.3, 0.4) is 0 Å². The fourth-order valence-corrected chi connectivity index (χ4v) is 2.63. The van der Waals surface area contributed by atoms with Crippen LogP contribution in [0.1, 0.15) is 17.7 Å². The largest absolute Gasteiger partial charge is 0.140 e. The van der Waals surface area contributed by atoms with Gasteiger partial charge >= 0.3 is 0 Å². The number of thiophene rings is 1. The molecule has 0 amide bonds. The Balaban J connectivity index is 2.15. The Morgan fingerprint density at radius 3 is 2.93 bits per heavy atom. The fraction of sp³-hybridized carbons (Fsp3) is 0.231. The normalized spacial score (nSPS) is 10.2. The summed E-state index contributed by atoms with van der Waals surface area (Å²) in [7, 11) is 0. The summed E-state index contributed by atoms with van der Waals surface area (Å²) < 4.78 is 1.38. The van der Waals surface area contributed by atoms with Crippen LogP contribution in [-0.2, 0) is 6.42 Å². The lowest BCUT2D eigenvalue weighted by Gasteiger charge is -1.90. The van der Waals surface area contributed by atoms with Crippen molar-refractivity contribution in [2.24, 2.45) is 0 Å². The summed E-state index contributed by atoms with van der Waals surface area (Å²) >= 11 is 1.88. The molecule has 0 spiro atoms. The molecule has 0 aliphatic heterocycles. The van der Waals surface area contributed by atoms with E-state index < -0.39 is 0 Å². The van der Waals surface area contributed by atoms with Gasteiger partial charge in [-0.15, -0.1) is 23.7 Å². The Morgan fingerprint density at radius 2 is 2.14 bits per heavy atom. The molecule has 70 valence electrons. The zero-order valence-corrected chi connectivity index (χ0v) is 8.81. The molecule has 1 aromatic heterocycles. The first kappa shape index (κ1) is 9.30. The Bertz CT molecular complexity index is 426. The molecule has 0 bridgehead atoms. The second kappa shape index (κ2) is 4.30. The quantitative estimate of drug-likeness (QED) is 0.521. The Hall–Kier alpha value is -1.26. The zero-order chi connectivity index (χ0) is 9.80. The highest BCUT2D eigenvalue weighted by atomic mass is 32.1. The first-order valence-corrected chi connectivity index (χ1v) is 5.63. The van der Waals surface area contributed by atoms with Crippen molar-refractivity contribution in [1.29, 1.82) is 0 Å². The summed E-state index contributed by atoms with van der Waals surface area (Å²) in [5, 5.41) is 1.35. The molecular formula is C13H12S. The van der Waals surface area contributed by atoms with Gasteiger partial charge in [-0.3, -0.25) is 0 Å². The molecule has 0 atom stereocenters. The number of rotatable bonds is 3. The molecule has 1 aromatic carbocycles. The molecule has 0 aliphatic rings. The third-order valence-corrected chi connectivity index (χ3v) is 3.40. The molecule has 0 fully saturated rings. The third-order valence-electron chi connectivity index (χ3n) is 2.22. The molecule has 0 N–H and O–H groups in total. The molecule has 0 nitrogen and oxygen atoms in total. The lowest BCUT2D eigenvalue weighted by atomic mass is 10.2. The second-order valence-corrected chi connectivity index (χ2v) is 4.48. The van der Waals surface area contributed by atoms with Crippen LogP contribution in [-0.4, -0.2) is 0 Å². The minimum Gasteiger partial charge on any atom is -0.140 e. The van der Waals surface area contributed by atoms with E-state index in [1.165, 1.54) is 15.0 Å². The lowest BCUT2D eigenvalue weighted by molar-refractivity contribution is 0.872. The van der Waals surface area contributed by atoms with Gasteiger partial charge in [-0.05, 0) is 30.4 Å². The second-order valence-electron chi connectivity index (χ2n) is 3.31. The minimum atomic E-state index is 0.883. The van der Waals surface area contributed by atoms with Gasteiger partial charge < -0.3 is 0 Å². The van der Waals surface area contributed by atoms with Gasteiger partial charge in [0.2, 0.25) is 0 Å². The number of fused-ring (bicyclic) bond motifs is 1. The van der Waals surface area contributed by atoms with E-state index in [2.05, 4.69) is 36.3 Å². The number of terminal acetylenes is 1. The Kier molecular flexibility index (Phi) is 2.86. The van der Waals surface area contributed by atoms with E-state index in [0.29, 0.717) is 0 Å². The maximum atomic E-state index is 5.22. The van der Waals surface area contributed by atoms with Gasteiger partial charge in [0, 0.05) is 16.0 Å². The van der Waals surface area contributed by atoms with Crippen LogP contribution in [0, 0.1) is 12.3 Å². The maximum absolute atomic E-state index is 5.22. The van der Waals surface area contributed by atoms with Crippen LogP contribution in [0.2, 0.25) is 0 Å². The van der Waals surface area contributed by atoms with E-state index in [1.54, 1.807) is 0 Å². The summed E-state index contributed by atoms with van der Waals surface area (Å²) in [6.45, 7) is 0. The summed E-state index contributed by atoms with van der Waals surface area (Å²) in [6, 6.07) is 10.8. The number of unbranched alkanes of at least 4 members (excludes halogenated alkanes) is 1. The van der Waals surface area contributed by atoms with Gasteiger partial charge in [0.1, 0.15) is 0 Å². The molecule has 1 heteroatoms. The summed E-state index contributed by atoms with van der Waals surface area (Å²) in [5.41, 5.74) is 0. The molecule has 1 heterocycles. The van der Waals surface area contributed by atoms with Crippen molar-refractivity contribution in [2.75, 3.05) is 0 Å². The number of hydrogen-bond donors (Lipinski definition) is 0. The predicted octanol–water partition coefficient (Wildman–Crippen LogP) is 3.86. The standard InChI is InChI=1S/C13H12S/c1-2-3-4-8-12-10-11-7-5-6-9-13(11)14-12/h1,5-7,9-10H,3-4,8H2. The molecule has 0 radical (unpaired) electrons. The molecule has 2 rings (SSSR count). The monoisotopic (exact) mass is 200 g/mol. The van der Waals surface area contributed by atoms with E-state index in [1.807, 2.05) is 11.3 Å². The molecular weight excluding hydrogens is 188 g/mol. The minimum absolute atomic E-state index is 0.883. The molecule has 0 saturated heterocycles. The topological polar surface area (TPSA) is 0 Å². The third kappa shape index (κ3) is 1.97. The van der Waals surface area contributed by atoms with Crippen LogP contribution in [0.25, 0.3) is 10.1 Å². The maximum Gasteiger partial charge on any atom is 0.0345 e. The molecule has 0 aliphatic carbocycles. The van der Waals surface area contributed by atoms with Crippen molar-refractivity contribution in [3.63, 3.8) is 0 Å². The average Bonchev–Trinajstić information content (AvgIpc) is 2.60. The van der Waals surface area contributed by atoms with E-state index >= 15 is 0 Å². The SMILES string of the molecule is C#CCCCc1cc2ccccc2s1. The van der Waals surface area contributed by atoms with Crippen molar-refractivity contribution in [3.8, 4) is 12.3 Å². The van der Waals surface area contributed by atoms with Crippen molar-refractivity contribution >= 4 is 21.4 Å². The highest BCUT2D eigenvalue weighted by Gasteiger charge is 1.99. The zero-order valence-electron chi connectivity index (χ0n) is 7.99. The Morgan fingerprint density at radius 1 is 1.29 bits per heavy atom. The van der Waals surface area contributed by atoms with Crippen LogP contribution in [0.4, 0.5) is 0 Å². The van der Waals surface area contributed by atoms with Crippen molar-refractivity contribution < 1.29 is 0 Å². The van der Waals surface area contributed by atoms with Crippen molar-refractivity contribution in [1.82, 2.24) is 0 Å². The van der Waals surface area contributed by atoms with Gasteiger partial charge in [0.15, 0.2) is 0 Å². The summed E-state index contributed by atoms with van der Waals surface area (Å²) in [5.74, 6) is 2.68. The first-order valence-electron chi connectivity index (χ1n) is 4.81. The number of aryl methyl sites for hydroxylation is 1. The predicted molar refractivity (Wildman–Crippen MR) is 63.6 cm³/mol.